The molecule has 3 rings (SSSR count). The van der Waals surface area contributed by atoms with Crippen LogP contribution in [0.5, 0.6) is 0 Å². The minimum atomic E-state index is -0.332. The first-order chi connectivity index (χ1) is 12.9. The van der Waals surface area contributed by atoms with E-state index in [4.69, 9.17) is 5.26 Å². The highest BCUT2D eigenvalue weighted by atomic mass is 19.1. The van der Waals surface area contributed by atoms with E-state index < -0.39 is 0 Å². The Morgan fingerprint density at radius 3 is 2.70 bits per heavy atom. The fraction of sp³-hybridized carbons (Fsp3) is 0.227. The summed E-state index contributed by atoms with van der Waals surface area (Å²) < 4.78 is 13.3. The summed E-state index contributed by atoms with van der Waals surface area (Å²) in [7, 11) is 0. The summed E-state index contributed by atoms with van der Waals surface area (Å²) >= 11 is 0. The average Bonchev–Trinajstić information content (AvgIpc) is 2.65. The van der Waals surface area contributed by atoms with Crippen molar-refractivity contribution in [2.45, 2.75) is 33.2 Å². The second-order valence-electron chi connectivity index (χ2n) is 6.81. The van der Waals surface area contributed by atoms with Crippen molar-refractivity contribution in [3.63, 3.8) is 0 Å². The Labute approximate surface area is 157 Å². The molecule has 0 spiro atoms. The zero-order valence-corrected chi connectivity index (χ0v) is 15.5. The van der Waals surface area contributed by atoms with E-state index in [-0.39, 0.29) is 24.2 Å². The first kappa shape index (κ1) is 18.5. The summed E-state index contributed by atoms with van der Waals surface area (Å²) in [6, 6.07) is 13.6. The SMILES string of the molecule is Cc1c(C(=O)NCc2cccc(F)c2)c(C(C)C)nc2cc(C#N)ccc12. The molecule has 136 valence electrons. The lowest BCUT2D eigenvalue weighted by Gasteiger charge is -2.17. The lowest BCUT2D eigenvalue weighted by molar-refractivity contribution is 0.0948. The van der Waals surface area contributed by atoms with Crippen molar-refractivity contribution >= 4 is 16.8 Å². The van der Waals surface area contributed by atoms with Crippen LogP contribution in [0.25, 0.3) is 10.9 Å². The quantitative estimate of drug-likeness (QED) is 0.738. The number of nitriles is 1. The topological polar surface area (TPSA) is 65.8 Å². The lowest BCUT2D eigenvalue weighted by atomic mass is 9.95. The monoisotopic (exact) mass is 361 g/mol. The number of aromatic nitrogens is 1. The van der Waals surface area contributed by atoms with Gasteiger partial charge in [0.2, 0.25) is 0 Å². The van der Waals surface area contributed by atoms with E-state index in [9.17, 15) is 9.18 Å². The van der Waals surface area contributed by atoms with Gasteiger partial charge in [0, 0.05) is 11.9 Å². The maximum absolute atomic E-state index is 13.3. The van der Waals surface area contributed by atoms with E-state index >= 15 is 0 Å². The molecule has 0 saturated heterocycles. The van der Waals surface area contributed by atoms with Gasteiger partial charge in [0.25, 0.3) is 5.91 Å². The van der Waals surface area contributed by atoms with Gasteiger partial charge in [-0.05, 0) is 48.2 Å². The molecule has 0 atom stereocenters. The van der Waals surface area contributed by atoms with E-state index in [0.29, 0.717) is 27.9 Å². The van der Waals surface area contributed by atoms with E-state index in [1.54, 1.807) is 24.3 Å². The molecule has 1 N–H and O–H groups in total. The zero-order chi connectivity index (χ0) is 19.6. The van der Waals surface area contributed by atoms with Gasteiger partial charge in [-0.25, -0.2) is 4.39 Å². The molecule has 0 aliphatic carbocycles. The Morgan fingerprint density at radius 1 is 1.26 bits per heavy atom. The normalized spacial score (nSPS) is 10.8. The maximum atomic E-state index is 13.3. The third-order valence-electron chi connectivity index (χ3n) is 4.52. The molecule has 0 saturated carbocycles. The van der Waals surface area contributed by atoms with Gasteiger partial charge in [-0.2, -0.15) is 5.26 Å². The van der Waals surface area contributed by atoms with Gasteiger partial charge in [-0.3, -0.25) is 9.78 Å². The minimum absolute atomic E-state index is 0.0359. The molecule has 1 amide bonds. The Kier molecular flexibility index (Phi) is 5.18. The first-order valence-corrected chi connectivity index (χ1v) is 8.77. The summed E-state index contributed by atoms with van der Waals surface area (Å²) in [4.78, 5) is 17.6. The summed E-state index contributed by atoms with van der Waals surface area (Å²) in [5.74, 6) is -0.533. The Morgan fingerprint density at radius 2 is 2.04 bits per heavy atom. The van der Waals surface area contributed by atoms with Gasteiger partial charge in [-0.1, -0.05) is 32.0 Å². The van der Waals surface area contributed by atoms with Crippen LogP contribution in [0.2, 0.25) is 0 Å². The Hall–Kier alpha value is -3.26. The molecule has 4 nitrogen and oxygen atoms in total. The van der Waals surface area contributed by atoms with Gasteiger partial charge in [0.1, 0.15) is 5.82 Å². The lowest BCUT2D eigenvalue weighted by Crippen LogP contribution is -2.26. The molecule has 1 heterocycles. The first-order valence-electron chi connectivity index (χ1n) is 8.77. The van der Waals surface area contributed by atoms with Crippen molar-refractivity contribution in [3.8, 4) is 6.07 Å². The molecule has 0 bridgehead atoms. The van der Waals surface area contributed by atoms with Crippen LogP contribution in [0.15, 0.2) is 42.5 Å². The number of nitrogens with one attached hydrogen (secondary N) is 1. The van der Waals surface area contributed by atoms with Crippen LogP contribution in [0.4, 0.5) is 4.39 Å². The maximum Gasteiger partial charge on any atom is 0.253 e. The van der Waals surface area contributed by atoms with Crippen LogP contribution in [0.3, 0.4) is 0 Å². The standard InChI is InChI=1S/C22H20FN3O/c1-13(2)21-20(22(27)25-12-16-5-4-6-17(23)9-16)14(3)18-8-7-15(11-24)10-19(18)26-21/h4-10,13H,12H2,1-3H3,(H,25,27). The van der Waals surface area contributed by atoms with Crippen molar-refractivity contribution < 1.29 is 9.18 Å². The van der Waals surface area contributed by atoms with Crippen molar-refractivity contribution in [1.82, 2.24) is 10.3 Å². The number of hydrogen-bond acceptors (Lipinski definition) is 3. The fourth-order valence-electron chi connectivity index (χ4n) is 3.15. The summed E-state index contributed by atoms with van der Waals surface area (Å²) in [5.41, 5.74) is 3.99. The van der Waals surface area contributed by atoms with Crippen LogP contribution in [-0.4, -0.2) is 10.9 Å². The molecule has 0 radical (unpaired) electrons. The van der Waals surface area contributed by atoms with Crippen LogP contribution >= 0.6 is 0 Å². The third-order valence-corrected chi connectivity index (χ3v) is 4.52. The molecular weight excluding hydrogens is 341 g/mol. The van der Waals surface area contributed by atoms with E-state index in [2.05, 4.69) is 16.4 Å². The molecule has 0 aliphatic rings. The number of aryl methyl sites for hydroxylation is 1. The summed E-state index contributed by atoms with van der Waals surface area (Å²) in [6.45, 7) is 6.08. The predicted octanol–water partition coefficient (Wildman–Crippen LogP) is 4.61. The molecule has 5 heteroatoms. The third kappa shape index (κ3) is 3.80. The van der Waals surface area contributed by atoms with Gasteiger partial charge in [0.05, 0.1) is 28.4 Å². The molecular formula is C22H20FN3O. The number of rotatable bonds is 4. The second-order valence-corrected chi connectivity index (χ2v) is 6.81. The highest BCUT2D eigenvalue weighted by Crippen LogP contribution is 2.28. The number of pyridine rings is 1. The van der Waals surface area contributed by atoms with Gasteiger partial charge in [0.15, 0.2) is 0 Å². The number of fused-ring (bicyclic) bond motifs is 1. The van der Waals surface area contributed by atoms with Crippen molar-refractivity contribution in [2.75, 3.05) is 0 Å². The van der Waals surface area contributed by atoms with Gasteiger partial charge >= 0.3 is 0 Å². The molecule has 1 aromatic heterocycles. The molecule has 2 aromatic carbocycles. The van der Waals surface area contributed by atoms with Crippen LogP contribution < -0.4 is 5.32 Å². The number of halogens is 1. The van der Waals surface area contributed by atoms with Crippen LogP contribution in [0.1, 0.15) is 52.5 Å². The van der Waals surface area contributed by atoms with Gasteiger partial charge in [-0.15, -0.1) is 0 Å². The van der Waals surface area contributed by atoms with Gasteiger partial charge < -0.3 is 5.32 Å². The Bertz CT molecular complexity index is 1070. The summed E-state index contributed by atoms with van der Waals surface area (Å²) in [6.07, 6.45) is 0. The molecule has 27 heavy (non-hydrogen) atoms. The average molecular weight is 361 g/mol. The summed E-state index contributed by atoms with van der Waals surface area (Å²) in [5, 5.41) is 12.8. The number of carbonyl (C=O) groups excluding carboxylic acids is 1. The van der Waals surface area contributed by atoms with E-state index in [1.807, 2.05) is 26.8 Å². The smallest absolute Gasteiger partial charge is 0.253 e. The second kappa shape index (κ2) is 7.55. The van der Waals surface area contributed by atoms with Crippen molar-refractivity contribution in [1.29, 1.82) is 5.26 Å². The Balaban J connectivity index is 2.01. The number of hydrogen-bond donors (Lipinski definition) is 1. The highest BCUT2D eigenvalue weighted by Gasteiger charge is 2.20. The highest BCUT2D eigenvalue weighted by molar-refractivity contribution is 6.01. The fourth-order valence-corrected chi connectivity index (χ4v) is 3.15. The largest absolute Gasteiger partial charge is 0.348 e. The molecule has 3 aromatic rings. The minimum Gasteiger partial charge on any atom is -0.348 e. The zero-order valence-electron chi connectivity index (χ0n) is 15.5. The predicted molar refractivity (Wildman–Crippen MR) is 103 cm³/mol. The van der Waals surface area contributed by atoms with Crippen LogP contribution in [-0.2, 0) is 6.54 Å². The number of amides is 1. The molecule has 0 unspecified atom stereocenters. The molecule has 0 aliphatic heterocycles. The van der Waals surface area contributed by atoms with E-state index in [0.717, 1.165) is 10.9 Å². The van der Waals surface area contributed by atoms with Crippen molar-refractivity contribution in [2.24, 2.45) is 0 Å². The van der Waals surface area contributed by atoms with E-state index in [1.165, 1.54) is 12.1 Å². The number of benzene rings is 2. The van der Waals surface area contributed by atoms with Crippen molar-refractivity contribution in [3.05, 3.63) is 76.2 Å². The number of nitrogens with zero attached hydrogens (tertiary/aromatic N) is 2. The van der Waals surface area contributed by atoms with Crippen LogP contribution in [0, 0.1) is 24.1 Å². The molecule has 0 fully saturated rings. The number of carbonyl (C=O) groups is 1.